The first-order chi connectivity index (χ1) is 13.9. The van der Waals surface area contributed by atoms with E-state index in [2.05, 4.69) is 34.8 Å². The molecule has 2 aliphatic rings. The van der Waals surface area contributed by atoms with Gasteiger partial charge in [0.1, 0.15) is 0 Å². The van der Waals surface area contributed by atoms with E-state index in [0.29, 0.717) is 17.4 Å². The average molecular weight is 395 g/mol. The van der Waals surface area contributed by atoms with Gasteiger partial charge in [0.05, 0.1) is 11.0 Å². The fourth-order valence-electron chi connectivity index (χ4n) is 5.14. The summed E-state index contributed by atoms with van der Waals surface area (Å²) in [5.74, 6) is 0.614. The number of rotatable bonds is 3. The van der Waals surface area contributed by atoms with Crippen LogP contribution in [0, 0.1) is 11.3 Å². The van der Waals surface area contributed by atoms with Gasteiger partial charge in [-0.2, -0.15) is 0 Å². The van der Waals surface area contributed by atoms with Crippen LogP contribution in [0.5, 0.6) is 0 Å². The summed E-state index contributed by atoms with van der Waals surface area (Å²) in [5, 5.41) is 0. The van der Waals surface area contributed by atoms with Crippen LogP contribution < -0.4 is 0 Å². The normalized spacial score (nSPS) is 23.8. The molecule has 0 radical (unpaired) electrons. The highest BCUT2D eigenvalue weighted by Crippen LogP contribution is 2.37. The largest absolute Gasteiger partial charge is 0.341 e. The number of carbonyl (C=O) groups is 1. The number of nitrogens with zero attached hydrogens (tertiary/aromatic N) is 4. The number of hydrogen-bond donors (Lipinski definition) is 0. The Kier molecular flexibility index (Phi) is 5.86. The summed E-state index contributed by atoms with van der Waals surface area (Å²) >= 11 is 0. The van der Waals surface area contributed by atoms with Crippen molar-refractivity contribution in [1.82, 2.24) is 19.8 Å². The molecule has 5 nitrogen and oxygen atoms in total. The summed E-state index contributed by atoms with van der Waals surface area (Å²) < 4.78 is 0. The Balaban J connectivity index is 1.54. The quantitative estimate of drug-likeness (QED) is 0.792. The van der Waals surface area contributed by atoms with Crippen LogP contribution in [0.3, 0.4) is 0 Å². The van der Waals surface area contributed by atoms with Crippen LogP contribution in [-0.4, -0.2) is 57.9 Å². The van der Waals surface area contributed by atoms with Crippen LogP contribution in [0.15, 0.2) is 30.6 Å². The highest BCUT2D eigenvalue weighted by Gasteiger charge is 2.33. The van der Waals surface area contributed by atoms with Gasteiger partial charge in [-0.05, 0) is 67.2 Å². The Morgan fingerprint density at radius 1 is 1.10 bits per heavy atom. The Hall–Kier alpha value is -2.01. The lowest BCUT2D eigenvalue weighted by atomic mass is 9.75. The summed E-state index contributed by atoms with van der Waals surface area (Å²) in [7, 11) is 0. The van der Waals surface area contributed by atoms with Crippen molar-refractivity contribution in [3.8, 4) is 0 Å². The number of aromatic nitrogens is 2. The first-order valence-corrected chi connectivity index (χ1v) is 11.1. The molecular formula is C24H34N4O. The van der Waals surface area contributed by atoms with Crippen LogP contribution in [0.1, 0.15) is 52.0 Å². The summed E-state index contributed by atoms with van der Waals surface area (Å²) in [6.45, 7) is 10.2. The molecule has 1 aliphatic heterocycles. The monoisotopic (exact) mass is 394 g/mol. The summed E-state index contributed by atoms with van der Waals surface area (Å²) in [5.41, 5.74) is 3.68. The number of hydrogen-bond acceptors (Lipinski definition) is 4. The zero-order valence-electron chi connectivity index (χ0n) is 18.1. The van der Waals surface area contributed by atoms with Crippen molar-refractivity contribution >= 4 is 16.9 Å². The van der Waals surface area contributed by atoms with Gasteiger partial charge < -0.3 is 4.90 Å². The second-order valence-corrected chi connectivity index (χ2v) is 9.77. The van der Waals surface area contributed by atoms with E-state index in [9.17, 15) is 4.79 Å². The molecule has 1 amide bonds. The van der Waals surface area contributed by atoms with Crippen LogP contribution in [0.4, 0.5) is 0 Å². The first-order valence-electron chi connectivity index (χ1n) is 11.1. The highest BCUT2D eigenvalue weighted by atomic mass is 16.2. The molecule has 0 aromatic carbocycles. The summed E-state index contributed by atoms with van der Waals surface area (Å²) in [6.07, 6.45) is 9.83. The van der Waals surface area contributed by atoms with Crippen LogP contribution in [0.25, 0.3) is 11.0 Å². The average Bonchev–Trinajstić information content (AvgIpc) is 2.91. The molecule has 2 fully saturated rings. The molecule has 156 valence electrons. The van der Waals surface area contributed by atoms with E-state index >= 15 is 0 Å². The third-order valence-electron chi connectivity index (χ3n) is 6.99. The van der Waals surface area contributed by atoms with E-state index in [0.717, 1.165) is 43.6 Å². The smallest absolute Gasteiger partial charge is 0.219 e. The Morgan fingerprint density at radius 2 is 1.90 bits per heavy atom. The van der Waals surface area contributed by atoms with Crippen molar-refractivity contribution in [3.63, 3.8) is 0 Å². The topological polar surface area (TPSA) is 49.3 Å². The van der Waals surface area contributed by atoms with Gasteiger partial charge in [0.15, 0.2) is 0 Å². The fourth-order valence-corrected chi connectivity index (χ4v) is 5.14. The van der Waals surface area contributed by atoms with Gasteiger partial charge in [-0.3, -0.25) is 19.7 Å². The third kappa shape index (κ3) is 4.77. The van der Waals surface area contributed by atoms with Crippen LogP contribution in [-0.2, 0) is 11.2 Å². The third-order valence-corrected chi connectivity index (χ3v) is 6.99. The van der Waals surface area contributed by atoms with E-state index in [1.807, 2.05) is 29.4 Å². The maximum atomic E-state index is 12.2. The van der Waals surface area contributed by atoms with Gasteiger partial charge >= 0.3 is 0 Å². The lowest BCUT2D eigenvalue weighted by Crippen LogP contribution is -2.43. The van der Waals surface area contributed by atoms with Crippen molar-refractivity contribution in [3.05, 3.63) is 36.2 Å². The molecular weight excluding hydrogens is 360 g/mol. The maximum absolute atomic E-state index is 12.2. The highest BCUT2D eigenvalue weighted by molar-refractivity contribution is 5.77. The summed E-state index contributed by atoms with van der Waals surface area (Å²) in [6, 6.07) is 6.72. The van der Waals surface area contributed by atoms with E-state index in [1.54, 1.807) is 6.92 Å². The minimum atomic E-state index is 0.194. The maximum Gasteiger partial charge on any atom is 0.219 e. The van der Waals surface area contributed by atoms with Crippen LogP contribution in [0.2, 0.25) is 0 Å². The molecule has 29 heavy (non-hydrogen) atoms. The molecule has 1 aliphatic carbocycles. The molecule has 2 aromatic heterocycles. The van der Waals surface area contributed by atoms with Gasteiger partial charge in [-0.1, -0.05) is 13.8 Å². The number of amides is 1. The fraction of sp³-hybridized carbons (Fsp3) is 0.625. The van der Waals surface area contributed by atoms with Crippen LogP contribution >= 0.6 is 0 Å². The molecule has 5 heteroatoms. The molecule has 4 rings (SSSR count). The lowest BCUT2D eigenvalue weighted by Gasteiger charge is -2.40. The van der Waals surface area contributed by atoms with Gasteiger partial charge in [-0.15, -0.1) is 0 Å². The standard InChI is InChI=1S/C24H34N4O/c1-18(29)27-13-14-28(21-6-9-24(2,3)10-7-21)17-19(16-27)15-20-8-12-25-22-5-4-11-26-23(20)22/h4-5,8,11-12,19,21H,6-7,9-10,13-17H2,1-3H3. The van der Waals surface area contributed by atoms with E-state index in [4.69, 9.17) is 0 Å². The van der Waals surface area contributed by atoms with Crippen molar-refractivity contribution in [2.45, 2.75) is 58.9 Å². The van der Waals surface area contributed by atoms with Crippen molar-refractivity contribution in [1.29, 1.82) is 0 Å². The first kappa shape index (κ1) is 20.3. The molecule has 0 spiro atoms. The minimum absolute atomic E-state index is 0.194. The predicted molar refractivity (Wildman–Crippen MR) is 117 cm³/mol. The van der Waals surface area contributed by atoms with Crippen molar-refractivity contribution in [2.24, 2.45) is 11.3 Å². The molecule has 1 atom stereocenters. The van der Waals surface area contributed by atoms with E-state index in [1.165, 1.54) is 31.2 Å². The van der Waals surface area contributed by atoms with Gasteiger partial charge in [-0.25, -0.2) is 0 Å². The Morgan fingerprint density at radius 3 is 2.66 bits per heavy atom. The van der Waals surface area contributed by atoms with Gasteiger partial charge in [0.2, 0.25) is 5.91 Å². The number of pyridine rings is 2. The number of carbonyl (C=O) groups excluding carboxylic acids is 1. The van der Waals surface area contributed by atoms with Gasteiger partial charge in [0.25, 0.3) is 0 Å². The Bertz CT molecular complexity index is 850. The number of fused-ring (bicyclic) bond motifs is 1. The molecule has 0 bridgehead atoms. The molecule has 1 unspecified atom stereocenters. The molecule has 0 N–H and O–H groups in total. The van der Waals surface area contributed by atoms with Crippen molar-refractivity contribution in [2.75, 3.05) is 26.2 Å². The van der Waals surface area contributed by atoms with Gasteiger partial charge in [0, 0.05) is 51.5 Å². The van der Waals surface area contributed by atoms with E-state index in [-0.39, 0.29) is 5.91 Å². The molecule has 3 heterocycles. The SMILES string of the molecule is CC(=O)N1CCN(C2CCC(C)(C)CC2)CC(Cc2ccnc3cccnc23)C1. The Labute approximate surface area is 174 Å². The second kappa shape index (κ2) is 8.39. The van der Waals surface area contributed by atoms with E-state index < -0.39 is 0 Å². The zero-order chi connectivity index (χ0) is 20.4. The second-order valence-electron chi connectivity index (χ2n) is 9.77. The van der Waals surface area contributed by atoms with Crippen molar-refractivity contribution < 1.29 is 4.79 Å². The predicted octanol–water partition coefficient (Wildman–Crippen LogP) is 3.92. The molecule has 2 aromatic rings. The minimum Gasteiger partial charge on any atom is -0.341 e. The molecule has 1 saturated carbocycles. The zero-order valence-corrected chi connectivity index (χ0v) is 18.1. The lowest BCUT2D eigenvalue weighted by molar-refractivity contribution is -0.129. The molecule has 1 saturated heterocycles. The summed E-state index contributed by atoms with van der Waals surface area (Å²) in [4.78, 5) is 26.0.